The second-order valence-electron chi connectivity index (χ2n) is 4.52. The monoisotopic (exact) mass is 321 g/mol. The highest BCUT2D eigenvalue weighted by molar-refractivity contribution is 5.92. The van der Waals surface area contributed by atoms with E-state index in [1.807, 2.05) is 0 Å². The quantitative estimate of drug-likeness (QED) is 0.375. The number of carboxylic acid groups (broad SMARTS) is 1. The summed E-state index contributed by atoms with van der Waals surface area (Å²) in [6.07, 6.45) is 2.47. The zero-order chi connectivity index (χ0) is 17.4. The van der Waals surface area contributed by atoms with Crippen LogP contribution >= 0.6 is 0 Å². The zero-order valence-corrected chi connectivity index (χ0v) is 12.2. The van der Waals surface area contributed by atoms with Gasteiger partial charge in [-0.1, -0.05) is 12.1 Å². The highest BCUT2D eigenvalue weighted by Gasteiger charge is 2.18. The van der Waals surface area contributed by atoms with Crippen molar-refractivity contribution in [3.8, 4) is 0 Å². The Morgan fingerprint density at radius 3 is 2.65 bits per heavy atom. The number of carboxylic acids is 1. The Hall–Kier alpha value is -3.23. The van der Waals surface area contributed by atoms with E-state index in [0.29, 0.717) is 5.56 Å². The molecule has 122 valence electrons. The number of carbonyl (C=O) groups excluding carboxylic acids is 2. The number of nitro benzene ring substituents is 1. The second kappa shape index (κ2) is 8.27. The highest BCUT2D eigenvalue weighted by atomic mass is 16.6. The number of rotatable bonds is 7. The van der Waals surface area contributed by atoms with Crippen molar-refractivity contribution >= 4 is 29.5 Å². The first-order valence-electron chi connectivity index (χ1n) is 6.50. The largest absolute Gasteiger partial charge is 0.480 e. The zero-order valence-electron chi connectivity index (χ0n) is 12.2. The molecular formula is C14H15N3O6. The summed E-state index contributed by atoms with van der Waals surface area (Å²) < 4.78 is 0. The molecule has 0 saturated carbocycles. The number of nitrogens with zero attached hydrogens (tertiary/aromatic N) is 1. The van der Waals surface area contributed by atoms with Crippen molar-refractivity contribution in [3.05, 3.63) is 46.0 Å². The van der Waals surface area contributed by atoms with Gasteiger partial charge >= 0.3 is 5.97 Å². The van der Waals surface area contributed by atoms with E-state index < -0.39 is 28.7 Å². The van der Waals surface area contributed by atoms with Gasteiger partial charge in [-0.25, -0.2) is 4.79 Å². The first kappa shape index (κ1) is 17.8. The molecule has 0 bridgehead atoms. The van der Waals surface area contributed by atoms with Crippen molar-refractivity contribution in [1.29, 1.82) is 0 Å². The smallest absolute Gasteiger partial charge is 0.328 e. The van der Waals surface area contributed by atoms with Crippen molar-refractivity contribution in [2.75, 3.05) is 6.54 Å². The van der Waals surface area contributed by atoms with Crippen LogP contribution in [0, 0.1) is 10.1 Å². The SMILES string of the molecule is CC(=O)N[C@@H](CNC(=O)/C=C/c1cccc([N+](=O)[O-])c1)C(=O)O. The maximum atomic E-state index is 11.6. The normalized spacial score (nSPS) is 11.7. The molecule has 9 nitrogen and oxygen atoms in total. The third kappa shape index (κ3) is 6.38. The molecule has 1 rings (SSSR count). The fourth-order valence-electron chi connectivity index (χ4n) is 1.62. The fourth-order valence-corrected chi connectivity index (χ4v) is 1.62. The highest BCUT2D eigenvalue weighted by Crippen LogP contribution is 2.13. The predicted molar refractivity (Wildman–Crippen MR) is 80.4 cm³/mol. The van der Waals surface area contributed by atoms with Crippen LogP contribution in [-0.4, -0.2) is 40.4 Å². The van der Waals surface area contributed by atoms with Gasteiger partial charge in [-0.2, -0.15) is 0 Å². The molecule has 3 N–H and O–H groups in total. The van der Waals surface area contributed by atoms with Gasteiger partial charge in [-0.05, 0) is 11.6 Å². The fraction of sp³-hybridized carbons (Fsp3) is 0.214. The first-order valence-corrected chi connectivity index (χ1v) is 6.50. The summed E-state index contributed by atoms with van der Waals surface area (Å²) >= 11 is 0. The van der Waals surface area contributed by atoms with E-state index in [9.17, 15) is 24.5 Å². The Morgan fingerprint density at radius 1 is 1.39 bits per heavy atom. The molecular weight excluding hydrogens is 306 g/mol. The third-order valence-electron chi connectivity index (χ3n) is 2.66. The lowest BCUT2D eigenvalue weighted by Crippen LogP contribution is -2.47. The molecule has 9 heteroatoms. The lowest BCUT2D eigenvalue weighted by atomic mass is 10.2. The minimum absolute atomic E-state index is 0.107. The lowest BCUT2D eigenvalue weighted by molar-refractivity contribution is -0.384. The Morgan fingerprint density at radius 2 is 2.09 bits per heavy atom. The summed E-state index contributed by atoms with van der Waals surface area (Å²) in [5.74, 6) is -2.39. The molecule has 1 atom stereocenters. The summed E-state index contributed by atoms with van der Waals surface area (Å²) in [6, 6.07) is 4.44. The molecule has 0 fully saturated rings. The van der Waals surface area contributed by atoms with Gasteiger partial charge in [0.05, 0.1) is 4.92 Å². The topological polar surface area (TPSA) is 139 Å². The van der Waals surface area contributed by atoms with Crippen LogP contribution in [0.5, 0.6) is 0 Å². The molecule has 0 aromatic heterocycles. The standard InChI is InChI=1S/C14H15N3O6/c1-9(18)16-12(14(20)21)8-15-13(19)6-5-10-3-2-4-11(7-10)17(22)23/h2-7,12H,8H2,1H3,(H,15,19)(H,16,18)(H,20,21)/b6-5+/t12-/m0/s1. The van der Waals surface area contributed by atoms with E-state index in [-0.39, 0.29) is 12.2 Å². The van der Waals surface area contributed by atoms with E-state index in [4.69, 9.17) is 5.11 Å². The van der Waals surface area contributed by atoms with Gasteiger partial charge in [0.15, 0.2) is 0 Å². The molecule has 0 radical (unpaired) electrons. The number of hydrogen-bond donors (Lipinski definition) is 3. The van der Waals surface area contributed by atoms with Crippen molar-refractivity contribution in [3.63, 3.8) is 0 Å². The number of nitrogens with one attached hydrogen (secondary N) is 2. The summed E-state index contributed by atoms with van der Waals surface area (Å²) in [5, 5.41) is 24.0. The molecule has 0 saturated heterocycles. The summed E-state index contributed by atoms with van der Waals surface area (Å²) in [6.45, 7) is 0.882. The van der Waals surface area contributed by atoms with Crippen molar-refractivity contribution in [1.82, 2.24) is 10.6 Å². The Balaban J connectivity index is 2.62. The van der Waals surface area contributed by atoms with Crippen LogP contribution in [0.2, 0.25) is 0 Å². The molecule has 0 spiro atoms. The van der Waals surface area contributed by atoms with Gasteiger partial charge in [0.2, 0.25) is 11.8 Å². The van der Waals surface area contributed by atoms with Crippen molar-refractivity contribution in [2.24, 2.45) is 0 Å². The molecule has 1 aromatic carbocycles. The number of amides is 2. The van der Waals surface area contributed by atoms with Crippen LogP contribution in [0.25, 0.3) is 6.08 Å². The van der Waals surface area contributed by atoms with Gasteiger partial charge in [-0.3, -0.25) is 19.7 Å². The van der Waals surface area contributed by atoms with Gasteiger partial charge in [0.1, 0.15) is 6.04 Å². The van der Waals surface area contributed by atoms with Gasteiger partial charge in [0, 0.05) is 31.7 Å². The molecule has 23 heavy (non-hydrogen) atoms. The first-order chi connectivity index (χ1) is 10.8. The van der Waals surface area contributed by atoms with E-state index >= 15 is 0 Å². The van der Waals surface area contributed by atoms with Crippen LogP contribution in [0.3, 0.4) is 0 Å². The van der Waals surface area contributed by atoms with Crippen LogP contribution in [0.1, 0.15) is 12.5 Å². The predicted octanol–water partition coefficient (Wildman–Crippen LogP) is 0.313. The Kier molecular flexibility index (Phi) is 6.41. The van der Waals surface area contributed by atoms with Gasteiger partial charge in [0.25, 0.3) is 5.69 Å². The molecule has 0 unspecified atom stereocenters. The molecule has 0 aliphatic rings. The Labute approximate surface area is 131 Å². The molecule has 2 amide bonds. The van der Waals surface area contributed by atoms with E-state index in [0.717, 1.165) is 6.08 Å². The van der Waals surface area contributed by atoms with Crippen LogP contribution < -0.4 is 10.6 Å². The van der Waals surface area contributed by atoms with Gasteiger partial charge in [-0.15, -0.1) is 0 Å². The maximum Gasteiger partial charge on any atom is 0.328 e. The van der Waals surface area contributed by atoms with E-state index in [2.05, 4.69) is 10.6 Å². The lowest BCUT2D eigenvalue weighted by Gasteiger charge is -2.13. The average molecular weight is 321 g/mol. The summed E-state index contributed by atoms with van der Waals surface area (Å²) in [4.78, 5) is 43.4. The molecule has 1 aromatic rings. The number of aliphatic carboxylic acids is 1. The number of nitro groups is 1. The van der Waals surface area contributed by atoms with Gasteiger partial charge < -0.3 is 15.7 Å². The minimum atomic E-state index is -1.27. The van der Waals surface area contributed by atoms with E-state index in [1.54, 1.807) is 6.07 Å². The number of carbonyl (C=O) groups is 3. The molecule has 0 heterocycles. The van der Waals surface area contributed by atoms with Crippen LogP contribution in [0.15, 0.2) is 30.3 Å². The Bertz CT molecular complexity index is 656. The van der Waals surface area contributed by atoms with E-state index in [1.165, 1.54) is 31.2 Å². The third-order valence-corrected chi connectivity index (χ3v) is 2.66. The average Bonchev–Trinajstić information content (AvgIpc) is 2.49. The number of hydrogen-bond acceptors (Lipinski definition) is 5. The van der Waals surface area contributed by atoms with Crippen LogP contribution in [-0.2, 0) is 14.4 Å². The maximum absolute atomic E-state index is 11.6. The summed E-state index contributed by atoms with van der Waals surface area (Å²) in [7, 11) is 0. The number of benzene rings is 1. The molecule has 0 aliphatic heterocycles. The van der Waals surface area contributed by atoms with Crippen molar-refractivity contribution in [2.45, 2.75) is 13.0 Å². The summed E-state index contributed by atoms with van der Waals surface area (Å²) in [5.41, 5.74) is 0.343. The van der Waals surface area contributed by atoms with Crippen molar-refractivity contribution < 1.29 is 24.4 Å². The second-order valence-corrected chi connectivity index (χ2v) is 4.52. The molecule has 0 aliphatic carbocycles. The number of non-ortho nitro benzene ring substituents is 1. The minimum Gasteiger partial charge on any atom is -0.480 e. The van der Waals surface area contributed by atoms with Crippen LogP contribution in [0.4, 0.5) is 5.69 Å².